The second-order valence-electron chi connectivity index (χ2n) is 9.12. The van der Waals surface area contributed by atoms with Crippen LogP contribution in [0.25, 0.3) is 17.2 Å². The van der Waals surface area contributed by atoms with Gasteiger partial charge in [-0.1, -0.05) is 12.1 Å². The highest BCUT2D eigenvalue weighted by Gasteiger charge is 2.29. The Kier molecular flexibility index (Phi) is 6.11. The molecular weight excluding hydrogens is 455 g/mol. The van der Waals surface area contributed by atoms with Gasteiger partial charge in [-0.05, 0) is 48.1 Å². The Morgan fingerprint density at radius 1 is 1.17 bits per heavy atom. The Morgan fingerprint density at radius 2 is 1.97 bits per heavy atom. The van der Waals surface area contributed by atoms with Crippen LogP contribution >= 0.6 is 0 Å². The number of nitriles is 1. The first-order valence-electron chi connectivity index (χ1n) is 11.5. The van der Waals surface area contributed by atoms with Crippen molar-refractivity contribution in [2.45, 2.75) is 51.4 Å². The Balaban J connectivity index is 1.22. The van der Waals surface area contributed by atoms with Gasteiger partial charge in [0.1, 0.15) is 11.8 Å². The van der Waals surface area contributed by atoms with Gasteiger partial charge in [-0.2, -0.15) is 18.4 Å². The van der Waals surface area contributed by atoms with Crippen molar-refractivity contribution in [3.8, 4) is 6.07 Å². The first kappa shape index (κ1) is 23.2. The average molecular weight is 480 g/mol. The second kappa shape index (κ2) is 9.23. The zero-order valence-corrected chi connectivity index (χ0v) is 19.2. The number of allylic oxidation sites excluding steroid dienone is 1. The molecule has 1 aliphatic heterocycles. The summed E-state index contributed by atoms with van der Waals surface area (Å²) in [5.41, 5.74) is 6.10. The molecule has 5 rings (SSSR count). The summed E-state index contributed by atoms with van der Waals surface area (Å²) >= 11 is 0. The molecule has 2 aromatic heterocycles. The van der Waals surface area contributed by atoms with E-state index in [9.17, 15) is 18.4 Å². The third-order valence-corrected chi connectivity index (χ3v) is 6.66. The third kappa shape index (κ3) is 5.10. The van der Waals surface area contributed by atoms with Crippen LogP contribution in [0.5, 0.6) is 0 Å². The van der Waals surface area contributed by atoms with Crippen molar-refractivity contribution >= 4 is 23.1 Å². The lowest BCUT2D eigenvalue weighted by Crippen LogP contribution is -2.39. The molecule has 2 aliphatic rings. The Labute approximate surface area is 200 Å². The topological polar surface area (TPSA) is 90.6 Å². The monoisotopic (exact) mass is 479 g/mol. The number of alkyl halides is 3. The summed E-state index contributed by atoms with van der Waals surface area (Å²) in [4.78, 5) is 18.9. The van der Waals surface area contributed by atoms with Crippen molar-refractivity contribution in [1.29, 1.82) is 5.26 Å². The van der Waals surface area contributed by atoms with Crippen LogP contribution in [-0.2, 0) is 19.4 Å². The van der Waals surface area contributed by atoms with Gasteiger partial charge in [0.15, 0.2) is 11.5 Å². The molecule has 0 atom stereocenters. The van der Waals surface area contributed by atoms with Gasteiger partial charge >= 0.3 is 6.18 Å². The first-order chi connectivity index (χ1) is 16.8. The number of anilines is 1. The standard InChI is InChI=1S/C25H24F3N7/c1-15-18(3-2-17-8-16(11-29)9-21(15)17)13-35-6-4-19(5-7-35)33-23-22-24(32-14-31-23)34-20(12-30-22)10-25(26,27)28/h2-3,9,12,14,19H,4-8,10,13H2,1H3,(H,31,32,33,34). The van der Waals surface area contributed by atoms with Gasteiger partial charge in [-0.25, -0.2) is 19.9 Å². The number of nitrogens with zero attached hydrogens (tertiary/aromatic N) is 6. The second-order valence-corrected chi connectivity index (χ2v) is 9.12. The molecule has 1 aliphatic carbocycles. The van der Waals surface area contributed by atoms with Gasteiger partial charge in [0.25, 0.3) is 0 Å². The van der Waals surface area contributed by atoms with E-state index in [2.05, 4.69) is 55.3 Å². The summed E-state index contributed by atoms with van der Waals surface area (Å²) in [6, 6.07) is 6.74. The van der Waals surface area contributed by atoms with E-state index >= 15 is 0 Å². The largest absolute Gasteiger partial charge is 0.394 e. The van der Waals surface area contributed by atoms with E-state index in [4.69, 9.17) is 0 Å². The molecule has 1 saturated heterocycles. The van der Waals surface area contributed by atoms with Gasteiger partial charge in [0.2, 0.25) is 0 Å². The Hall–Kier alpha value is -3.58. The first-order valence-corrected chi connectivity index (χ1v) is 11.5. The average Bonchev–Trinajstić information content (AvgIpc) is 3.25. The molecule has 1 N–H and O–H groups in total. The Bertz CT molecular complexity index is 1340. The number of nitrogens with one attached hydrogen (secondary N) is 1. The maximum Gasteiger partial charge on any atom is 0.394 e. The molecule has 35 heavy (non-hydrogen) atoms. The number of piperidine rings is 1. The smallest absolute Gasteiger partial charge is 0.365 e. The molecule has 0 saturated carbocycles. The molecule has 0 amide bonds. The molecule has 0 spiro atoms. The van der Waals surface area contributed by atoms with E-state index < -0.39 is 12.6 Å². The highest BCUT2D eigenvalue weighted by atomic mass is 19.4. The number of fused-ring (bicyclic) bond motifs is 2. The predicted octanol–water partition coefficient (Wildman–Crippen LogP) is 4.37. The number of halogens is 3. The molecule has 180 valence electrons. The van der Waals surface area contributed by atoms with Crippen molar-refractivity contribution in [3.05, 3.63) is 58.2 Å². The molecule has 3 aromatic rings. The molecule has 0 radical (unpaired) electrons. The van der Waals surface area contributed by atoms with E-state index in [1.807, 2.05) is 6.08 Å². The van der Waals surface area contributed by atoms with Gasteiger partial charge < -0.3 is 5.32 Å². The van der Waals surface area contributed by atoms with Crippen LogP contribution in [0, 0.1) is 18.3 Å². The molecule has 0 bridgehead atoms. The van der Waals surface area contributed by atoms with Crippen LogP contribution in [0.15, 0.2) is 30.2 Å². The molecular formula is C25H24F3N7. The number of rotatable bonds is 5. The highest BCUT2D eigenvalue weighted by molar-refractivity contribution is 5.81. The molecule has 10 heteroatoms. The highest BCUT2D eigenvalue weighted by Crippen LogP contribution is 2.30. The lowest BCUT2D eigenvalue weighted by atomic mass is 9.97. The van der Waals surface area contributed by atoms with Crippen LogP contribution in [0.1, 0.15) is 40.8 Å². The van der Waals surface area contributed by atoms with Crippen molar-refractivity contribution in [2.75, 3.05) is 18.4 Å². The normalized spacial score (nSPS) is 16.7. The number of aromatic nitrogens is 4. The van der Waals surface area contributed by atoms with Crippen molar-refractivity contribution < 1.29 is 13.2 Å². The molecule has 1 fully saturated rings. The van der Waals surface area contributed by atoms with E-state index in [1.54, 1.807) is 0 Å². The lowest BCUT2D eigenvalue weighted by molar-refractivity contribution is -0.127. The zero-order chi connectivity index (χ0) is 24.6. The summed E-state index contributed by atoms with van der Waals surface area (Å²) in [5, 5.41) is 12.6. The van der Waals surface area contributed by atoms with Crippen LogP contribution in [0.2, 0.25) is 0 Å². The van der Waals surface area contributed by atoms with E-state index in [-0.39, 0.29) is 17.4 Å². The number of benzene rings is 1. The zero-order valence-electron chi connectivity index (χ0n) is 19.2. The minimum absolute atomic E-state index is 0.155. The summed E-state index contributed by atoms with van der Waals surface area (Å²) in [7, 11) is 0. The lowest BCUT2D eigenvalue weighted by Gasteiger charge is -2.33. The molecule has 7 nitrogen and oxygen atoms in total. The van der Waals surface area contributed by atoms with E-state index in [0.717, 1.165) is 50.7 Å². The van der Waals surface area contributed by atoms with Gasteiger partial charge in [0.05, 0.1) is 18.2 Å². The number of likely N-dealkylation sites (tertiary alicyclic amines) is 1. The van der Waals surface area contributed by atoms with Crippen LogP contribution in [0.3, 0.4) is 0 Å². The van der Waals surface area contributed by atoms with Gasteiger partial charge in [0, 0.05) is 43.9 Å². The minimum atomic E-state index is -4.35. The number of hydrogen-bond acceptors (Lipinski definition) is 7. The fourth-order valence-corrected chi connectivity index (χ4v) is 4.80. The third-order valence-electron chi connectivity index (χ3n) is 6.66. The molecule has 1 aromatic carbocycles. The van der Waals surface area contributed by atoms with Crippen LogP contribution in [0.4, 0.5) is 19.0 Å². The summed E-state index contributed by atoms with van der Waals surface area (Å²) in [6.45, 7) is 4.78. The quantitative estimate of drug-likeness (QED) is 0.581. The summed E-state index contributed by atoms with van der Waals surface area (Å²) in [5.74, 6) is 0.494. The SMILES string of the molecule is Cc1c(CN2CCC(Nc3ncnc4nc(CC(F)(F)F)cnc34)CC2)ccc2c1C=C(C#N)C2. The molecule has 0 unspecified atom stereocenters. The van der Waals surface area contributed by atoms with Crippen LogP contribution < -0.4 is 5.32 Å². The fourth-order valence-electron chi connectivity index (χ4n) is 4.80. The maximum atomic E-state index is 12.7. The Morgan fingerprint density at radius 3 is 2.71 bits per heavy atom. The molecule has 3 heterocycles. The van der Waals surface area contributed by atoms with Gasteiger partial charge in [-0.3, -0.25) is 4.90 Å². The minimum Gasteiger partial charge on any atom is -0.365 e. The maximum absolute atomic E-state index is 12.7. The summed E-state index contributed by atoms with van der Waals surface area (Å²) in [6.07, 6.45) is 1.47. The number of hydrogen-bond donors (Lipinski definition) is 1. The predicted molar refractivity (Wildman–Crippen MR) is 125 cm³/mol. The van der Waals surface area contributed by atoms with Crippen molar-refractivity contribution in [3.63, 3.8) is 0 Å². The van der Waals surface area contributed by atoms with Gasteiger partial charge in [-0.15, -0.1) is 0 Å². The van der Waals surface area contributed by atoms with E-state index in [1.165, 1.54) is 28.6 Å². The van der Waals surface area contributed by atoms with Crippen LogP contribution in [-0.4, -0.2) is 50.1 Å². The van der Waals surface area contributed by atoms with Crippen molar-refractivity contribution in [1.82, 2.24) is 24.8 Å². The fraction of sp³-hybridized carbons (Fsp3) is 0.400. The van der Waals surface area contributed by atoms with E-state index in [0.29, 0.717) is 11.3 Å². The summed E-state index contributed by atoms with van der Waals surface area (Å²) < 4.78 is 38.0. The van der Waals surface area contributed by atoms with Crippen molar-refractivity contribution in [2.24, 2.45) is 0 Å².